The van der Waals surface area contributed by atoms with Gasteiger partial charge in [0.05, 0.1) is 22.7 Å². The second kappa shape index (κ2) is 9.16. The van der Waals surface area contributed by atoms with E-state index in [2.05, 4.69) is 20.5 Å². The molecule has 4 rings (SSSR count). The fraction of sp³-hybridized carbons (Fsp3) is 0.348. The number of halogens is 2. The van der Waals surface area contributed by atoms with Gasteiger partial charge < -0.3 is 15.2 Å². The third-order valence-corrected chi connectivity index (χ3v) is 6.56. The summed E-state index contributed by atoms with van der Waals surface area (Å²) in [6.07, 6.45) is 3.14. The van der Waals surface area contributed by atoms with E-state index in [-0.39, 0.29) is 22.8 Å². The van der Waals surface area contributed by atoms with E-state index in [1.54, 1.807) is 18.3 Å². The third-order valence-electron chi connectivity index (χ3n) is 6.27. The molecule has 3 aromatic rings. The molecule has 1 aliphatic rings. The highest BCUT2D eigenvalue weighted by atomic mass is 35.5. The maximum atomic E-state index is 14.2. The number of aromatic nitrogens is 3. The SMILES string of the molecule is CC(c1cccc(Nc2ccn[nH]2)n1)C1(C(=O)O)CCC(Oc2cccc(Cl)c2F)CC1. The Kier molecular flexibility index (Phi) is 6.32. The number of H-pyrrole nitrogens is 1. The number of hydrogen-bond acceptors (Lipinski definition) is 5. The summed E-state index contributed by atoms with van der Waals surface area (Å²) in [7, 11) is 0. The van der Waals surface area contributed by atoms with Gasteiger partial charge in [-0.05, 0) is 49.9 Å². The highest BCUT2D eigenvalue weighted by Gasteiger charge is 2.47. The number of nitrogens with one attached hydrogen (secondary N) is 2. The van der Waals surface area contributed by atoms with Crippen molar-refractivity contribution in [2.24, 2.45) is 5.41 Å². The van der Waals surface area contributed by atoms with E-state index in [9.17, 15) is 14.3 Å². The molecule has 0 bridgehead atoms. The van der Waals surface area contributed by atoms with Crippen LogP contribution in [0.1, 0.15) is 44.2 Å². The number of ether oxygens (including phenoxy) is 1. The van der Waals surface area contributed by atoms with Crippen molar-refractivity contribution in [3.8, 4) is 5.75 Å². The molecule has 0 aliphatic heterocycles. The van der Waals surface area contributed by atoms with Crippen LogP contribution in [0.25, 0.3) is 0 Å². The normalized spacial score (nSPS) is 21.7. The number of pyridine rings is 1. The van der Waals surface area contributed by atoms with Gasteiger partial charge >= 0.3 is 5.97 Å². The maximum absolute atomic E-state index is 14.2. The molecule has 1 aliphatic carbocycles. The first kappa shape index (κ1) is 22.1. The Morgan fingerprint density at radius 1 is 1.28 bits per heavy atom. The van der Waals surface area contributed by atoms with Gasteiger partial charge in [-0.2, -0.15) is 5.10 Å². The molecule has 2 heterocycles. The molecule has 7 nitrogen and oxygen atoms in total. The predicted molar refractivity (Wildman–Crippen MR) is 119 cm³/mol. The monoisotopic (exact) mass is 458 g/mol. The van der Waals surface area contributed by atoms with Crippen LogP contribution in [-0.4, -0.2) is 32.4 Å². The maximum Gasteiger partial charge on any atom is 0.310 e. The van der Waals surface area contributed by atoms with Crippen molar-refractivity contribution in [2.75, 3.05) is 5.32 Å². The highest BCUT2D eigenvalue weighted by molar-refractivity contribution is 6.30. The molecule has 0 spiro atoms. The predicted octanol–water partition coefficient (Wildman–Crippen LogP) is 5.54. The lowest BCUT2D eigenvalue weighted by molar-refractivity contribution is -0.154. The zero-order chi connectivity index (χ0) is 22.7. The largest absolute Gasteiger partial charge is 0.487 e. The standard InChI is InChI=1S/C23H24ClFN4O3/c1-14(17-5-3-7-19(27-17)28-20-10-13-26-29-20)23(22(30)31)11-8-15(9-12-23)32-18-6-2-4-16(24)21(18)25/h2-7,10,13-15H,8-9,11-12H2,1H3,(H,30,31)(H2,26,27,28,29). The number of rotatable bonds is 7. The molecule has 9 heteroatoms. The van der Waals surface area contributed by atoms with Crippen molar-refractivity contribution in [3.05, 3.63) is 65.2 Å². The first-order chi connectivity index (χ1) is 15.4. The minimum absolute atomic E-state index is 0.00140. The number of nitrogens with zero attached hydrogens (tertiary/aromatic N) is 2. The number of anilines is 2. The Labute approximate surface area is 190 Å². The summed E-state index contributed by atoms with van der Waals surface area (Å²) in [6.45, 7) is 1.90. The van der Waals surface area contributed by atoms with Gasteiger partial charge in [0.1, 0.15) is 11.6 Å². The Bertz CT molecular complexity index is 1080. The van der Waals surface area contributed by atoms with E-state index in [4.69, 9.17) is 16.3 Å². The molecule has 3 N–H and O–H groups in total. The molecule has 1 atom stereocenters. The van der Waals surface area contributed by atoms with Crippen molar-refractivity contribution in [1.29, 1.82) is 0 Å². The molecule has 1 fully saturated rings. The molecule has 0 amide bonds. The number of carboxylic acid groups (broad SMARTS) is 1. The van der Waals surface area contributed by atoms with Crippen molar-refractivity contribution in [2.45, 2.75) is 44.6 Å². The fourth-order valence-corrected chi connectivity index (χ4v) is 4.49. The lowest BCUT2D eigenvalue weighted by Gasteiger charge is -2.40. The molecule has 168 valence electrons. The van der Waals surface area contributed by atoms with Crippen LogP contribution in [0.15, 0.2) is 48.7 Å². The van der Waals surface area contributed by atoms with Crippen LogP contribution in [0.5, 0.6) is 5.75 Å². The minimum Gasteiger partial charge on any atom is -0.487 e. The zero-order valence-electron chi connectivity index (χ0n) is 17.5. The van der Waals surface area contributed by atoms with Crippen LogP contribution in [-0.2, 0) is 4.79 Å². The number of aromatic amines is 1. The zero-order valence-corrected chi connectivity index (χ0v) is 18.3. The van der Waals surface area contributed by atoms with E-state index >= 15 is 0 Å². The van der Waals surface area contributed by atoms with Gasteiger partial charge in [-0.3, -0.25) is 9.89 Å². The summed E-state index contributed by atoms with van der Waals surface area (Å²) < 4.78 is 20.0. The summed E-state index contributed by atoms with van der Waals surface area (Å²) in [5.41, 5.74) is -0.288. The van der Waals surface area contributed by atoms with Crippen LogP contribution in [0, 0.1) is 11.2 Å². The molecule has 0 radical (unpaired) electrons. The third kappa shape index (κ3) is 4.41. The van der Waals surface area contributed by atoms with Gasteiger partial charge in [-0.25, -0.2) is 9.37 Å². The Morgan fingerprint density at radius 3 is 2.72 bits per heavy atom. The fourth-order valence-electron chi connectivity index (χ4n) is 4.32. The van der Waals surface area contributed by atoms with Gasteiger partial charge in [-0.1, -0.05) is 30.7 Å². The highest BCUT2D eigenvalue weighted by Crippen LogP contribution is 2.48. The molecular weight excluding hydrogens is 435 g/mol. The molecule has 1 saturated carbocycles. The van der Waals surface area contributed by atoms with Crippen molar-refractivity contribution in [3.63, 3.8) is 0 Å². The van der Waals surface area contributed by atoms with Crippen LogP contribution < -0.4 is 10.1 Å². The topological polar surface area (TPSA) is 100 Å². The summed E-state index contributed by atoms with van der Waals surface area (Å²) >= 11 is 5.83. The number of carboxylic acids is 1. The van der Waals surface area contributed by atoms with Crippen molar-refractivity contribution < 1.29 is 19.0 Å². The molecule has 1 aromatic carbocycles. The number of hydrogen-bond donors (Lipinski definition) is 3. The van der Waals surface area contributed by atoms with Crippen LogP contribution in [0.2, 0.25) is 5.02 Å². The second-order valence-electron chi connectivity index (χ2n) is 8.10. The smallest absolute Gasteiger partial charge is 0.310 e. The van der Waals surface area contributed by atoms with Gasteiger partial charge in [0.2, 0.25) is 0 Å². The molecule has 2 aromatic heterocycles. The average molecular weight is 459 g/mol. The average Bonchev–Trinajstić information content (AvgIpc) is 3.30. The molecule has 0 saturated heterocycles. The summed E-state index contributed by atoms with van der Waals surface area (Å²) in [5, 5.41) is 20.0. The Hall–Kier alpha value is -3.13. The quantitative estimate of drug-likeness (QED) is 0.430. The second-order valence-corrected chi connectivity index (χ2v) is 8.50. The molecular formula is C23H24ClFN4O3. The summed E-state index contributed by atoms with van der Waals surface area (Å²) in [4.78, 5) is 17.1. The Balaban J connectivity index is 1.49. The molecule has 1 unspecified atom stereocenters. The van der Waals surface area contributed by atoms with Gasteiger partial charge in [0, 0.05) is 17.7 Å². The van der Waals surface area contributed by atoms with E-state index in [0.29, 0.717) is 43.0 Å². The van der Waals surface area contributed by atoms with E-state index in [1.807, 2.05) is 25.1 Å². The van der Waals surface area contributed by atoms with Crippen LogP contribution in [0.3, 0.4) is 0 Å². The van der Waals surface area contributed by atoms with E-state index < -0.39 is 17.2 Å². The van der Waals surface area contributed by atoms with E-state index in [0.717, 1.165) is 0 Å². The first-order valence-corrected chi connectivity index (χ1v) is 10.8. The van der Waals surface area contributed by atoms with Gasteiger partial charge in [-0.15, -0.1) is 0 Å². The first-order valence-electron chi connectivity index (χ1n) is 10.5. The lowest BCUT2D eigenvalue weighted by atomic mass is 9.64. The van der Waals surface area contributed by atoms with Gasteiger partial charge in [0.15, 0.2) is 11.6 Å². The number of aliphatic carboxylic acids is 1. The number of benzene rings is 1. The van der Waals surface area contributed by atoms with E-state index in [1.165, 1.54) is 12.1 Å². The van der Waals surface area contributed by atoms with Crippen molar-refractivity contribution >= 4 is 29.2 Å². The van der Waals surface area contributed by atoms with Crippen LogP contribution in [0.4, 0.5) is 16.0 Å². The van der Waals surface area contributed by atoms with Gasteiger partial charge in [0.25, 0.3) is 0 Å². The summed E-state index contributed by atoms with van der Waals surface area (Å²) in [5.74, 6) is -0.381. The van der Waals surface area contributed by atoms with Crippen LogP contribution >= 0.6 is 11.6 Å². The lowest BCUT2D eigenvalue weighted by Crippen LogP contribution is -2.42. The minimum atomic E-state index is -0.980. The summed E-state index contributed by atoms with van der Waals surface area (Å²) in [6, 6.07) is 11.9. The molecule has 32 heavy (non-hydrogen) atoms. The number of carbonyl (C=O) groups is 1. The van der Waals surface area contributed by atoms with Crippen molar-refractivity contribution in [1.82, 2.24) is 15.2 Å². The Morgan fingerprint density at radius 2 is 2.03 bits per heavy atom.